The van der Waals surface area contributed by atoms with Gasteiger partial charge in [0, 0.05) is 55.9 Å². The lowest BCUT2D eigenvalue weighted by molar-refractivity contribution is 0.0538. The van der Waals surface area contributed by atoms with Crippen molar-refractivity contribution in [3.63, 3.8) is 0 Å². The molecule has 2 aromatic heterocycles. The summed E-state index contributed by atoms with van der Waals surface area (Å²) in [7, 11) is -3.61. The van der Waals surface area contributed by atoms with Gasteiger partial charge in [0.1, 0.15) is 11.6 Å². The van der Waals surface area contributed by atoms with Crippen LogP contribution in [0.1, 0.15) is 41.9 Å². The van der Waals surface area contributed by atoms with Crippen molar-refractivity contribution >= 4 is 50.5 Å². The number of morpholine rings is 1. The number of hydrogen-bond donors (Lipinski definition) is 2. The summed E-state index contributed by atoms with van der Waals surface area (Å²) in [5, 5.41) is 5.37. The van der Waals surface area contributed by atoms with E-state index in [1.165, 1.54) is 12.1 Å². The lowest BCUT2D eigenvalue weighted by Crippen LogP contribution is -2.56. The van der Waals surface area contributed by atoms with Gasteiger partial charge in [0.05, 0.1) is 42.5 Å². The number of nitrogens with one attached hydrogen (secondary N) is 1. The van der Waals surface area contributed by atoms with Gasteiger partial charge in [0.15, 0.2) is 5.65 Å². The Kier molecular flexibility index (Phi) is 7.47. The molecule has 5 heterocycles. The second kappa shape index (κ2) is 10.9. The van der Waals surface area contributed by atoms with Gasteiger partial charge in [0.25, 0.3) is 5.91 Å². The molecule has 3 saturated heterocycles. The topological polar surface area (TPSA) is 138 Å². The van der Waals surface area contributed by atoms with Gasteiger partial charge in [-0.3, -0.25) is 9.52 Å². The molecule has 3 aromatic rings. The minimum absolute atomic E-state index is 0.137. The van der Waals surface area contributed by atoms with E-state index in [4.69, 9.17) is 32.2 Å². The number of likely N-dealkylation sites (tertiary alicyclic amines) is 1. The number of aromatic nitrogens is 3. The van der Waals surface area contributed by atoms with Crippen molar-refractivity contribution in [2.45, 2.75) is 31.8 Å². The van der Waals surface area contributed by atoms with E-state index in [1.54, 1.807) is 11.0 Å². The number of amides is 1. The minimum Gasteiger partial charge on any atom is -0.378 e. The molecule has 0 radical (unpaired) electrons. The van der Waals surface area contributed by atoms with Crippen molar-refractivity contribution < 1.29 is 17.9 Å². The van der Waals surface area contributed by atoms with Gasteiger partial charge in [0.2, 0.25) is 10.0 Å². The Morgan fingerprint density at radius 3 is 2.56 bits per heavy atom. The van der Waals surface area contributed by atoms with E-state index in [2.05, 4.69) is 27.5 Å². The molecule has 41 heavy (non-hydrogen) atoms. The maximum absolute atomic E-state index is 14.1. The molecule has 220 valence electrons. The predicted molar refractivity (Wildman–Crippen MR) is 158 cm³/mol. The van der Waals surface area contributed by atoms with Gasteiger partial charge >= 0.3 is 0 Å². The van der Waals surface area contributed by atoms with Crippen LogP contribution in [0, 0.1) is 5.92 Å². The first-order valence-corrected chi connectivity index (χ1v) is 16.1. The molecule has 0 spiro atoms. The van der Waals surface area contributed by atoms with Crippen molar-refractivity contribution in [3.05, 3.63) is 46.6 Å². The average molecular weight is 603 g/mol. The summed E-state index contributed by atoms with van der Waals surface area (Å²) in [6.45, 7) is 6.85. The number of carbonyl (C=O) groups is 1. The van der Waals surface area contributed by atoms with Crippen molar-refractivity contribution in [1.82, 2.24) is 19.5 Å². The Morgan fingerprint density at radius 2 is 1.85 bits per heavy atom. The van der Waals surface area contributed by atoms with Gasteiger partial charge in [-0.05, 0) is 37.0 Å². The van der Waals surface area contributed by atoms with Gasteiger partial charge in [-0.25, -0.2) is 13.4 Å². The van der Waals surface area contributed by atoms with Gasteiger partial charge < -0.3 is 25.2 Å². The van der Waals surface area contributed by atoms with Crippen LogP contribution in [0.25, 0.3) is 5.65 Å². The number of nitrogens with zero attached hydrogens (tertiary/aromatic N) is 6. The summed E-state index contributed by atoms with van der Waals surface area (Å²) in [4.78, 5) is 25.2. The third-order valence-corrected chi connectivity index (χ3v) is 8.74. The first kappa shape index (κ1) is 28.0. The normalized spacial score (nSPS) is 22.2. The third kappa shape index (κ3) is 5.81. The van der Waals surface area contributed by atoms with Crippen LogP contribution in [0.15, 0.2) is 30.3 Å². The fraction of sp³-hybridized carbons (Fsp3) is 0.519. The molecule has 3 aliphatic rings. The van der Waals surface area contributed by atoms with E-state index in [0.717, 1.165) is 56.2 Å². The number of carbonyl (C=O) groups excluding carboxylic acids is 1. The van der Waals surface area contributed by atoms with E-state index >= 15 is 0 Å². The van der Waals surface area contributed by atoms with Gasteiger partial charge in [-0.1, -0.05) is 18.5 Å². The van der Waals surface area contributed by atoms with E-state index < -0.39 is 10.0 Å². The lowest BCUT2D eigenvalue weighted by atomic mass is 9.91. The standard InChI is InChI=1S/C27H35ClN8O4S/c1-17-3-6-23(35(14-17)27(37)20-11-18(28)4-5-21(20)32-41(2,38)39)22-12-25-30-24(34-15-19(29)16-34)13-26(36(25)31-22)33-7-9-40-10-8-33/h4-5,11-13,17,19,23,32H,3,6-10,14-16,29H2,1-2H3. The Bertz CT molecular complexity index is 1570. The van der Waals surface area contributed by atoms with E-state index in [0.29, 0.717) is 36.8 Å². The van der Waals surface area contributed by atoms with Crippen molar-refractivity contribution in [2.75, 3.05) is 66.7 Å². The molecule has 3 aliphatic heterocycles. The van der Waals surface area contributed by atoms with Crippen molar-refractivity contribution in [3.8, 4) is 0 Å². The number of hydrogen-bond acceptors (Lipinski definition) is 9. The fourth-order valence-corrected chi connectivity index (χ4v) is 6.58. The van der Waals surface area contributed by atoms with Crippen molar-refractivity contribution in [2.24, 2.45) is 11.7 Å². The summed E-state index contributed by atoms with van der Waals surface area (Å²) in [5.74, 6) is 1.75. The van der Waals surface area contributed by atoms with Crippen molar-refractivity contribution in [1.29, 1.82) is 0 Å². The highest BCUT2D eigenvalue weighted by molar-refractivity contribution is 7.92. The van der Waals surface area contributed by atoms with Gasteiger partial charge in [-0.15, -0.1) is 0 Å². The number of anilines is 3. The predicted octanol–water partition coefficient (Wildman–Crippen LogP) is 2.35. The Balaban J connectivity index is 1.40. The maximum Gasteiger partial charge on any atom is 0.256 e. The molecular weight excluding hydrogens is 568 g/mol. The first-order valence-electron chi connectivity index (χ1n) is 13.9. The Labute approximate surface area is 244 Å². The Morgan fingerprint density at radius 1 is 1.10 bits per heavy atom. The lowest BCUT2D eigenvalue weighted by Gasteiger charge is -2.38. The molecule has 6 rings (SSSR count). The largest absolute Gasteiger partial charge is 0.378 e. The number of benzene rings is 1. The molecule has 2 unspecified atom stereocenters. The molecule has 3 N–H and O–H groups in total. The highest BCUT2D eigenvalue weighted by Crippen LogP contribution is 2.37. The number of piperidine rings is 1. The van der Waals surface area contributed by atoms with Crippen LogP contribution in [0.5, 0.6) is 0 Å². The van der Waals surface area contributed by atoms with Crippen LogP contribution in [0.2, 0.25) is 5.02 Å². The summed E-state index contributed by atoms with van der Waals surface area (Å²) >= 11 is 6.27. The molecule has 1 amide bonds. The van der Waals surface area contributed by atoms with Crippen LogP contribution in [0.4, 0.5) is 17.3 Å². The zero-order valence-electron chi connectivity index (χ0n) is 23.2. The SMILES string of the molecule is CC1CCC(c2cc3nc(N4CC(N)C4)cc(N4CCOCC4)n3n2)N(C(=O)c2cc(Cl)ccc2NS(C)(=O)=O)C1. The monoisotopic (exact) mass is 602 g/mol. The second-order valence-electron chi connectivity index (χ2n) is 11.3. The van der Waals surface area contributed by atoms with E-state index in [-0.39, 0.29) is 35.2 Å². The quantitative estimate of drug-likeness (QED) is 0.435. The molecule has 2 atom stereocenters. The molecular formula is C27H35ClN8O4S. The number of rotatable bonds is 6. The number of sulfonamides is 1. The summed E-state index contributed by atoms with van der Waals surface area (Å²) in [5.41, 5.74) is 7.90. The number of nitrogens with two attached hydrogens (primary N) is 1. The fourth-order valence-electron chi connectivity index (χ4n) is 5.83. The van der Waals surface area contributed by atoms with E-state index in [1.807, 2.05) is 10.6 Å². The van der Waals surface area contributed by atoms with Crippen LogP contribution in [-0.2, 0) is 14.8 Å². The van der Waals surface area contributed by atoms with Gasteiger partial charge in [-0.2, -0.15) is 9.61 Å². The van der Waals surface area contributed by atoms with Crippen LogP contribution < -0.4 is 20.3 Å². The number of fused-ring (bicyclic) bond motifs is 1. The minimum atomic E-state index is -3.61. The molecule has 3 fully saturated rings. The third-order valence-electron chi connectivity index (χ3n) is 7.91. The Hall–Kier alpha value is -3.13. The summed E-state index contributed by atoms with van der Waals surface area (Å²) < 4.78 is 34.0. The molecule has 1 aromatic carbocycles. The highest BCUT2D eigenvalue weighted by Gasteiger charge is 2.35. The van der Waals surface area contributed by atoms with E-state index in [9.17, 15) is 13.2 Å². The first-order chi connectivity index (χ1) is 19.6. The number of ether oxygens (including phenoxy) is 1. The molecule has 0 bridgehead atoms. The summed E-state index contributed by atoms with van der Waals surface area (Å²) in [6.07, 6.45) is 2.69. The zero-order chi connectivity index (χ0) is 28.9. The van der Waals surface area contributed by atoms with Crippen LogP contribution in [0.3, 0.4) is 0 Å². The molecule has 12 nitrogen and oxygen atoms in total. The molecule has 0 saturated carbocycles. The molecule has 0 aliphatic carbocycles. The maximum atomic E-state index is 14.1. The summed E-state index contributed by atoms with van der Waals surface area (Å²) in [6, 6.07) is 8.43. The smallest absolute Gasteiger partial charge is 0.256 e. The highest BCUT2D eigenvalue weighted by atomic mass is 35.5. The second-order valence-corrected chi connectivity index (χ2v) is 13.5. The zero-order valence-corrected chi connectivity index (χ0v) is 24.7. The molecule has 14 heteroatoms. The van der Waals surface area contributed by atoms with Crippen LogP contribution in [-0.4, -0.2) is 92.1 Å². The van der Waals surface area contributed by atoms with Crippen LogP contribution >= 0.6 is 11.6 Å². The average Bonchev–Trinajstić information content (AvgIpc) is 3.35. The number of halogens is 1.